The van der Waals surface area contributed by atoms with Crippen LogP contribution in [0.15, 0.2) is 30.5 Å². The number of hydrogen-bond acceptors (Lipinski definition) is 2. The number of nitrogens with one attached hydrogen (secondary N) is 1. The molecule has 0 saturated heterocycles. The first-order valence-corrected chi connectivity index (χ1v) is 4.17. The second-order valence-electron chi connectivity index (χ2n) is 3.02. The molecule has 3 N–H and O–H groups in total. The Morgan fingerprint density at radius 1 is 1.31 bits per heavy atom. The number of aromatic amines is 1. The zero-order chi connectivity index (χ0) is 9.26. The zero-order valence-corrected chi connectivity index (χ0v) is 7.07. The molecule has 0 spiro atoms. The van der Waals surface area contributed by atoms with Crippen LogP contribution in [-0.2, 0) is 0 Å². The number of hydrogen-bond donors (Lipinski definition) is 3. The lowest BCUT2D eigenvalue weighted by Gasteiger charge is -2.06. The fraction of sp³-hybridized carbons (Fsp3) is 0.200. The molecule has 1 heterocycles. The Hall–Kier alpha value is -1.32. The predicted molar refractivity (Wildman–Crippen MR) is 50.3 cm³/mol. The Bertz CT molecular complexity index is 408. The Labute approximate surface area is 75.6 Å². The summed E-state index contributed by atoms with van der Waals surface area (Å²) in [6.07, 6.45) is 1.07. The second-order valence-corrected chi connectivity index (χ2v) is 3.02. The van der Waals surface area contributed by atoms with Gasteiger partial charge in [0, 0.05) is 11.7 Å². The number of aliphatic hydroxyl groups excluding tert-OH is 2. The molecule has 0 aliphatic heterocycles. The molecule has 0 saturated carbocycles. The minimum Gasteiger partial charge on any atom is -0.393 e. The smallest absolute Gasteiger partial charge is 0.102 e. The van der Waals surface area contributed by atoms with E-state index in [2.05, 4.69) is 4.98 Å². The molecule has 68 valence electrons. The van der Waals surface area contributed by atoms with Crippen molar-refractivity contribution < 1.29 is 10.2 Å². The molecule has 0 aliphatic rings. The summed E-state index contributed by atoms with van der Waals surface area (Å²) in [5.74, 6) is 0. The molecule has 0 amide bonds. The van der Waals surface area contributed by atoms with Crippen LogP contribution in [0.4, 0.5) is 0 Å². The molecule has 2 rings (SSSR count). The molecule has 1 unspecified atom stereocenters. The first kappa shape index (κ1) is 8.29. The molecule has 1 atom stereocenters. The van der Waals surface area contributed by atoms with Crippen LogP contribution in [0, 0.1) is 0 Å². The number of fused-ring (bicyclic) bond motifs is 1. The molecule has 13 heavy (non-hydrogen) atoms. The van der Waals surface area contributed by atoms with Crippen molar-refractivity contribution in [1.82, 2.24) is 4.98 Å². The lowest BCUT2D eigenvalue weighted by Crippen LogP contribution is -2.01. The van der Waals surface area contributed by atoms with Crippen molar-refractivity contribution in [1.29, 1.82) is 0 Å². The first-order chi connectivity index (χ1) is 6.31. The minimum absolute atomic E-state index is 0.240. The molecule has 0 aliphatic carbocycles. The van der Waals surface area contributed by atoms with Gasteiger partial charge in [0.15, 0.2) is 0 Å². The van der Waals surface area contributed by atoms with Crippen molar-refractivity contribution in [2.75, 3.05) is 6.61 Å². The molecule has 0 fully saturated rings. The van der Waals surface area contributed by atoms with Crippen LogP contribution in [0.3, 0.4) is 0 Å². The van der Waals surface area contributed by atoms with E-state index < -0.39 is 6.10 Å². The van der Waals surface area contributed by atoms with Gasteiger partial charge in [-0.25, -0.2) is 0 Å². The Kier molecular flexibility index (Phi) is 2.04. The van der Waals surface area contributed by atoms with Crippen molar-refractivity contribution in [3.05, 3.63) is 36.0 Å². The summed E-state index contributed by atoms with van der Waals surface area (Å²) < 4.78 is 0. The van der Waals surface area contributed by atoms with E-state index in [9.17, 15) is 5.11 Å². The van der Waals surface area contributed by atoms with E-state index in [1.807, 2.05) is 24.4 Å². The van der Waals surface area contributed by atoms with E-state index in [0.717, 1.165) is 16.5 Å². The normalized spacial score (nSPS) is 13.4. The number of aromatic nitrogens is 1. The van der Waals surface area contributed by atoms with Crippen LogP contribution in [-0.4, -0.2) is 21.8 Å². The second kappa shape index (κ2) is 3.20. The van der Waals surface area contributed by atoms with Crippen molar-refractivity contribution in [2.45, 2.75) is 6.10 Å². The summed E-state index contributed by atoms with van der Waals surface area (Å²) in [7, 11) is 0. The van der Waals surface area contributed by atoms with Gasteiger partial charge in [0.25, 0.3) is 0 Å². The molecule has 0 bridgehead atoms. The van der Waals surface area contributed by atoms with Crippen LogP contribution < -0.4 is 0 Å². The van der Waals surface area contributed by atoms with Gasteiger partial charge in [0.05, 0.1) is 6.61 Å². The van der Waals surface area contributed by atoms with Gasteiger partial charge >= 0.3 is 0 Å². The lowest BCUT2D eigenvalue weighted by atomic mass is 10.1. The molecule has 1 aromatic carbocycles. The Morgan fingerprint density at radius 2 is 2.15 bits per heavy atom. The van der Waals surface area contributed by atoms with Crippen LogP contribution in [0.1, 0.15) is 11.7 Å². The number of benzene rings is 1. The third-order valence-electron chi connectivity index (χ3n) is 2.14. The first-order valence-electron chi connectivity index (χ1n) is 4.17. The van der Waals surface area contributed by atoms with E-state index in [4.69, 9.17) is 5.11 Å². The van der Waals surface area contributed by atoms with Crippen molar-refractivity contribution >= 4 is 10.9 Å². The van der Waals surface area contributed by atoms with Gasteiger partial charge in [0.2, 0.25) is 0 Å². The predicted octanol–water partition coefficient (Wildman–Crippen LogP) is 1.19. The summed E-state index contributed by atoms with van der Waals surface area (Å²) >= 11 is 0. The highest BCUT2D eigenvalue weighted by Gasteiger charge is 2.05. The largest absolute Gasteiger partial charge is 0.393 e. The van der Waals surface area contributed by atoms with E-state index in [0.29, 0.717) is 0 Å². The van der Waals surface area contributed by atoms with Crippen LogP contribution in [0.5, 0.6) is 0 Å². The van der Waals surface area contributed by atoms with Gasteiger partial charge < -0.3 is 15.2 Å². The van der Waals surface area contributed by atoms with Gasteiger partial charge in [0.1, 0.15) is 6.10 Å². The number of rotatable bonds is 2. The third-order valence-corrected chi connectivity index (χ3v) is 2.14. The summed E-state index contributed by atoms with van der Waals surface area (Å²) in [4.78, 5) is 3.06. The molecule has 3 heteroatoms. The number of H-pyrrole nitrogens is 1. The van der Waals surface area contributed by atoms with Crippen molar-refractivity contribution in [3.8, 4) is 0 Å². The molecule has 0 radical (unpaired) electrons. The zero-order valence-electron chi connectivity index (χ0n) is 7.07. The summed E-state index contributed by atoms with van der Waals surface area (Å²) in [6.45, 7) is -0.240. The average Bonchev–Trinajstić information content (AvgIpc) is 2.63. The average molecular weight is 177 g/mol. The third kappa shape index (κ3) is 1.43. The van der Waals surface area contributed by atoms with E-state index in [1.54, 1.807) is 6.07 Å². The van der Waals surface area contributed by atoms with Crippen LogP contribution in [0.2, 0.25) is 0 Å². The van der Waals surface area contributed by atoms with Gasteiger partial charge in [-0.15, -0.1) is 0 Å². The van der Waals surface area contributed by atoms with Gasteiger partial charge in [-0.05, 0) is 29.1 Å². The maximum absolute atomic E-state index is 9.37. The maximum atomic E-state index is 9.37. The molecular weight excluding hydrogens is 166 g/mol. The topological polar surface area (TPSA) is 56.2 Å². The summed E-state index contributed by atoms with van der Waals surface area (Å²) in [5.41, 5.74) is 1.78. The molecule has 3 nitrogen and oxygen atoms in total. The van der Waals surface area contributed by atoms with E-state index in [1.165, 1.54) is 0 Å². The van der Waals surface area contributed by atoms with Crippen molar-refractivity contribution in [3.63, 3.8) is 0 Å². The highest BCUT2D eigenvalue weighted by molar-refractivity contribution is 5.79. The highest BCUT2D eigenvalue weighted by atomic mass is 16.3. The SMILES string of the molecule is OCC(O)c1ccc2[nH]ccc2c1. The van der Waals surface area contributed by atoms with Gasteiger partial charge in [-0.2, -0.15) is 0 Å². The lowest BCUT2D eigenvalue weighted by molar-refractivity contribution is 0.0957. The number of aliphatic hydroxyl groups is 2. The van der Waals surface area contributed by atoms with Gasteiger partial charge in [-0.1, -0.05) is 6.07 Å². The fourth-order valence-electron chi connectivity index (χ4n) is 1.38. The summed E-state index contributed by atoms with van der Waals surface area (Å²) in [5, 5.41) is 19.2. The van der Waals surface area contributed by atoms with Crippen LogP contribution in [0.25, 0.3) is 10.9 Å². The Balaban J connectivity index is 2.48. The maximum Gasteiger partial charge on any atom is 0.102 e. The van der Waals surface area contributed by atoms with Crippen LogP contribution >= 0.6 is 0 Å². The highest BCUT2D eigenvalue weighted by Crippen LogP contribution is 2.18. The fourth-order valence-corrected chi connectivity index (χ4v) is 1.38. The molecular formula is C10H11NO2. The minimum atomic E-state index is -0.778. The monoisotopic (exact) mass is 177 g/mol. The standard InChI is InChI=1S/C10H11NO2/c12-6-10(13)8-1-2-9-7(5-8)3-4-11-9/h1-5,10-13H,6H2. The van der Waals surface area contributed by atoms with E-state index in [-0.39, 0.29) is 6.61 Å². The molecule has 1 aromatic heterocycles. The quantitative estimate of drug-likeness (QED) is 0.645. The molecule has 2 aromatic rings. The van der Waals surface area contributed by atoms with Crippen molar-refractivity contribution in [2.24, 2.45) is 0 Å². The van der Waals surface area contributed by atoms with Gasteiger partial charge in [-0.3, -0.25) is 0 Å². The summed E-state index contributed by atoms with van der Waals surface area (Å²) in [6, 6.07) is 7.50. The Morgan fingerprint density at radius 3 is 2.92 bits per heavy atom. The van der Waals surface area contributed by atoms with E-state index >= 15 is 0 Å².